The lowest BCUT2D eigenvalue weighted by Gasteiger charge is -2.42. The van der Waals surface area contributed by atoms with Gasteiger partial charge in [0.25, 0.3) is 0 Å². The molecule has 0 aromatic carbocycles. The molecule has 4 nitrogen and oxygen atoms in total. The molecule has 0 aromatic rings. The molecule has 0 radical (unpaired) electrons. The summed E-state index contributed by atoms with van der Waals surface area (Å²) in [6.45, 7) is 4.61. The molecule has 0 aromatic heterocycles. The molecule has 0 spiro atoms. The Morgan fingerprint density at radius 2 is 1.80 bits per heavy atom. The summed E-state index contributed by atoms with van der Waals surface area (Å²) in [6, 6.07) is -0.347. The number of ether oxygens (including phenoxy) is 1. The van der Waals surface area contributed by atoms with Gasteiger partial charge >= 0.3 is 0 Å². The first-order chi connectivity index (χ1) is 17.0. The summed E-state index contributed by atoms with van der Waals surface area (Å²) < 4.78 is 6.01. The zero-order valence-electron chi connectivity index (χ0n) is 21.5. The van der Waals surface area contributed by atoms with Crippen molar-refractivity contribution in [3.05, 3.63) is 24.5 Å². The van der Waals surface area contributed by atoms with Crippen LogP contribution in [0.2, 0.25) is 0 Å². The molecule has 5 aliphatic carbocycles. The van der Waals surface area contributed by atoms with Crippen molar-refractivity contribution in [2.45, 2.75) is 108 Å². The number of carbonyl (C=O) groups is 1. The topological polar surface area (TPSA) is 72.6 Å². The van der Waals surface area contributed by atoms with Gasteiger partial charge in [0, 0.05) is 11.8 Å². The maximum atomic E-state index is 12.3. The molecule has 0 amide bonds. The summed E-state index contributed by atoms with van der Waals surface area (Å²) in [4.78, 5) is 12.3. The third kappa shape index (κ3) is 4.06. The fourth-order valence-electron chi connectivity index (χ4n) is 10.5. The van der Waals surface area contributed by atoms with Crippen LogP contribution in [-0.4, -0.2) is 29.6 Å². The maximum absolute atomic E-state index is 12.3. The minimum atomic E-state index is -0.394. The van der Waals surface area contributed by atoms with E-state index >= 15 is 0 Å². The Morgan fingerprint density at radius 1 is 1.00 bits per heavy atom. The number of allylic oxidation sites excluding steroid dienone is 1. The first kappa shape index (κ1) is 24.2. The highest BCUT2D eigenvalue weighted by atomic mass is 16.5. The molecule has 0 saturated heterocycles. The minimum Gasteiger partial charge on any atom is -0.498 e. The van der Waals surface area contributed by atoms with Crippen molar-refractivity contribution in [1.29, 1.82) is 0 Å². The van der Waals surface area contributed by atoms with E-state index in [1.54, 1.807) is 12.3 Å². The smallest absolute Gasteiger partial charge is 0.137 e. The number of hydrogen-bond donors (Lipinski definition) is 2. The number of nitrogens with two attached hydrogens (primary N) is 1. The Morgan fingerprint density at radius 3 is 2.57 bits per heavy atom. The van der Waals surface area contributed by atoms with E-state index in [0.29, 0.717) is 41.9 Å². The van der Waals surface area contributed by atoms with Gasteiger partial charge in [0.15, 0.2) is 0 Å². The Kier molecular flexibility index (Phi) is 6.67. The van der Waals surface area contributed by atoms with Crippen LogP contribution in [0.15, 0.2) is 24.5 Å². The molecule has 11 atom stereocenters. The van der Waals surface area contributed by atoms with Gasteiger partial charge in [-0.05, 0) is 98.4 Å². The first-order valence-corrected chi connectivity index (χ1v) is 14.9. The SMILES string of the molecule is C=C1CC[C@@H]2[C@H]([C@@H]3C[C@@H](C4CCCCC4)C[C@H]13)[C@@]2([C@H]1CCC[C@H]([C@H]2C[C@@H](O)C=CO2)C1)[C@@H](N)C=O. The molecule has 0 bridgehead atoms. The highest BCUT2D eigenvalue weighted by molar-refractivity contribution is 5.61. The molecule has 3 N–H and O–H groups in total. The van der Waals surface area contributed by atoms with E-state index < -0.39 is 6.10 Å². The van der Waals surface area contributed by atoms with Crippen LogP contribution in [0.1, 0.15) is 89.9 Å². The number of hydrogen-bond acceptors (Lipinski definition) is 4. The third-order valence-corrected chi connectivity index (χ3v) is 12.0. The van der Waals surface area contributed by atoms with Crippen molar-refractivity contribution in [3.63, 3.8) is 0 Å². The fraction of sp³-hybridized carbons (Fsp3) is 0.839. The molecule has 1 aliphatic heterocycles. The van der Waals surface area contributed by atoms with Gasteiger partial charge in [0.2, 0.25) is 0 Å². The van der Waals surface area contributed by atoms with Crippen LogP contribution in [0.5, 0.6) is 0 Å². The van der Waals surface area contributed by atoms with E-state index in [1.807, 2.05) is 0 Å². The normalized spacial score (nSPS) is 48.9. The van der Waals surface area contributed by atoms with Gasteiger partial charge in [-0.1, -0.05) is 50.7 Å². The lowest BCUT2D eigenvalue weighted by molar-refractivity contribution is -0.111. The van der Waals surface area contributed by atoms with Gasteiger partial charge in [0.05, 0.1) is 18.4 Å². The zero-order chi connectivity index (χ0) is 24.2. The zero-order valence-corrected chi connectivity index (χ0v) is 21.5. The molecule has 5 fully saturated rings. The largest absolute Gasteiger partial charge is 0.498 e. The second-order valence-corrected chi connectivity index (χ2v) is 13.3. The number of aliphatic hydroxyl groups excluding tert-OH is 1. The monoisotopic (exact) mass is 481 g/mol. The van der Waals surface area contributed by atoms with Crippen LogP contribution in [-0.2, 0) is 9.53 Å². The number of fused-ring (bicyclic) bond motifs is 3. The van der Waals surface area contributed by atoms with E-state index in [-0.39, 0.29) is 17.6 Å². The van der Waals surface area contributed by atoms with Crippen molar-refractivity contribution in [3.8, 4) is 0 Å². The van der Waals surface area contributed by atoms with Gasteiger partial charge in [-0.25, -0.2) is 0 Å². The molecule has 5 saturated carbocycles. The first-order valence-electron chi connectivity index (χ1n) is 14.9. The lowest BCUT2D eigenvalue weighted by atomic mass is 9.65. The van der Waals surface area contributed by atoms with Gasteiger partial charge < -0.3 is 20.4 Å². The van der Waals surface area contributed by atoms with E-state index in [4.69, 9.17) is 10.5 Å². The maximum Gasteiger partial charge on any atom is 0.137 e. The summed E-state index contributed by atoms with van der Waals surface area (Å²) in [5, 5.41) is 10.2. The minimum absolute atomic E-state index is 0.0192. The number of aldehydes is 1. The second-order valence-electron chi connectivity index (χ2n) is 13.3. The molecule has 6 aliphatic rings. The van der Waals surface area contributed by atoms with Gasteiger partial charge in [-0.3, -0.25) is 0 Å². The van der Waals surface area contributed by atoms with Crippen LogP contribution in [0.4, 0.5) is 0 Å². The third-order valence-electron chi connectivity index (χ3n) is 12.0. The van der Waals surface area contributed by atoms with Crippen LogP contribution in [0.25, 0.3) is 0 Å². The van der Waals surface area contributed by atoms with Gasteiger partial charge in [-0.2, -0.15) is 0 Å². The molecule has 35 heavy (non-hydrogen) atoms. The number of aliphatic hydroxyl groups is 1. The highest BCUT2D eigenvalue weighted by Crippen LogP contribution is 2.76. The van der Waals surface area contributed by atoms with Crippen LogP contribution >= 0.6 is 0 Å². The van der Waals surface area contributed by atoms with Crippen molar-refractivity contribution in [1.82, 2.24) is 0 Å². The lowest BCUT2D eigenvalue weighted by Crippen LogP contribution is -2.45. The molecule has 0 unspecified atom stereocenters. The molecular weight excluding hydrogens is 434 g/mol. The van der Waals surface area contributed by atoms with E-state index in [2.05, 4.69) is 6.58 Å². The predicted octanol–water partition coefficient (Wildman–Crippen LogP) is 5.79. The van der Waals surface area contributed by atoms with Crippen LogP contribution in [0.3, 0.4) is 0 Å². The number of carbonyl (C=O) groups excluding carboxylic acids is 1. The second kappa shape index (κ2) is 9.63. The Balaban J connectivity index is 1.25. The molecular formula is C31H47NO3. The van der Waals surface area contributed by atoms with E-state index in [1.165, 1.54) is 69.8 Å². The van der Waals surface area contributed by atoms with Crippen molar-refractivity contribution in [2.75, 3.05) is 0 Å². The molecule has 4 heteroatoms. The van der Waals surface area contributed by atoms with Gasteiger partial charge in [0.1, 0.15) is 12.4 Å². The Hall–Kier alpha value is -1.13. The molecule has 1 heterocycles. The summed E-state index contributed by atoms with van der Waals surface area (Å²) in [7, 11) is 0. The summed E-state index contributed by atoms with van der Waals surface area (Å²) in [5.74, 6) is 5.25. The van der Waals surface area contributed by atoms with Crippen LogP contribution < -0.4 is 5.73 Å². The highest BCUT2D eigenvalue weighted by Gasteiger charge is 2.74. The Bertz CT molecular complexity index is 833. The van der Waals surface area contributed by atoms with Crippen molar-refractivity contribution in [2.24, 2.45) is 58.5 Å². The fourth-order valence-corrected chi connectivity index (χ4v) is 10.5. The standard InChI is InChI=1S/C31H47NO3/c1-19-10-11-27-30(26-16-22(15-25(19)26)20-6-3-2-4-7-20)31(27,29(32)18-33)23-9-5-8-21(14-23)28-17-24(34)12-13-35-28/h12-13,18,20-30,34H,1-11,14-17,32H2/t21-,22-,23-,24-,25+,26+,27+,28+,29-,30-,31+/m0/s1. The average Bonchev–Trinajstić information content (AvgIpc) is 3.41. The van der Waals surface area contributed by atoms with Crippen molar-refractivity contribution >= 4 is 6.29 Å². The van der Waals surface area contributed by atoms with Crippen LogP contribution in [0, 0.1) is 52.8 Å². The summed E-state index contributed by atoms with van der Waals surface area (Å²) in [5.41, 5.74) is 8.31. The molecule has 6 rings (SSSR count). The van der Waals surface area contributed by atoms with E-state index in [9.17, 15) is 9.90 Å². The van der Waals surface area contributed by atoms with Crippen molar-refractivity contribution < 1.29 is 14.6 Å². The quantitative estimate of drug-likeness (QED) is 0.385. The summed E-state index contributed by atoms with van der Waals surface area (Å²) >= 11 is 0. The van der Waals surface area contributed by atoms with E-state index in [0.717, 1.165) is 37.4 Å². The molecule has 194 valence electrons. The Labute approximate surface area is 212 Å². The average molecular weight is 482 g/mol. The number of rotatable bonds is 5. The van der Waals surface area contributed by atoms with Gasteiger partial charge in [-0.15, -0.1) is 0 Å². The summed E-state index contributed by atoms with van der Waals surface area (Å²) in [6.07, 6.45) is 21.7. The predicted molar refractivity (Wildman–Crippen MR) is 138 cm³/mol.